The van der Waals surface area contributed by atoms with Gasteiger partial charge in [0.05, 0.1) is 11.3 Å². The van der Waals surface area contributed by atoms with Crippen LogP contribution in [-0.4, -0.2) is 41.9 Å². The second-order valence-electron chi connectivity index (χ2n) is 8.35. The van der Waals surface area contributed by atoms with Crippen molar-refractivity contribution in [3.63, 3.8) is 0 Å². The second-order valence-corrected chi connectivity index (χ2v) is 11.3. The molecule has 1 amide bonds. The molecule has 0 aliphatic heterocycles. The number of nitrogens with zero attached hydrogens (tertiary/aromatic N) is 3. The highest BCUT2D eigenvalue weighted by molar-refractivity contribution is 7.89. The molecule has 1 aromatic carbocycles. The van der Waals surface area contributed by atoms with Gasteiger partial charge in [0, 0.05) is 23.5 Å². The molecule has 0 aliphatic carbocycles. The van der Waals surface area contributed by atoms with Crippen LogP contribution in [0, 0.1) is 11.8 Å². The van der Waals surface area contributed by atoms with Crippen LogP contribution in [-0.2, 0) is 16.4 Å². The number of rotatable bonds is 10. The summed E-state index contributed by atoms with van der Waals surface area (Å²) in [7, 11) is -3.65. The van der Waals surface area contributed by atoms with E-state index in [-0.39, 0.29) is 22.7 Å². The summed E-state index contributed by atoms with van der Waals surface area (Å²) in [5.41, 5.74) is 0.293. The first-order chi connectivity index (χ1) is 15.1. The number of sulfonamides is 1. The van der Waals surface area contributed by atoms with Gasteiger partial charge in [-0.2, -0.15) is 4.31 Å². The predicted octanol–water partition coefficient (Wildman–Crippen LogP) is 4.28. The number of anilines is 1. The number of hydrogen-bond acceptors (Lipinski definition) is 7. The van der Waals surface area contributed by atoms with Crippen LogP contribution in [0.25, 0.3) is 0 Å². The van der Waals surface area contributed by atoms with E-state index in [9.17, 15) is 13.2 Å². The highest BCUT2D eigenvalue weighted by Crippen LogP contribution is 2.20. The van der Waals surface area contributed by atoms with Crippen molar-refractivity contribution in [2.24, 2.45) is 11.8 Å². The number of carbonyl (C=O) groups is 1. The first-order valence-electron chi connectivity index (χ1n) is 10.4. The molecule has 172 valence electrons. The minimum atomic E-state index is -3.65. The Morgan fingerprint density at radius 1 is 1.06 bits per heavy atom. The van der Waals surface area contributed by atoms with Crippen molar-refractivity contribution in [3.05, 3.63) is 58.1 Å². The molecule has 32 heavy (non-hydrogen) atoms. The molecule has 3 aromatic rings. The van der Waals surface area contributed by atoms with Crippen molar-refractivity contribution in [1.29, 1.82) is 0 Å². The minimum Gasteiger partial charge on any atom is -0.407 e. The molecule has 0 unspecified atom stereocenters. The van der Waals surface area contributed by atoms with Crippen LogP contribution >= 0.6 is 11.3 Å². The summed E-state index contributed by atoms with van der Waals surface area (Å²) in [6.45, 7) is 8.82. The first kappa shape index (κ1) is 24.1. The molecule has 2 aromatic heterocycles. The SMILES string of the molecule is CC(C)CN(CC(C)C)S(=O)(=O)c1ccc(C(=O)Nc2nnc(Cc3cccs3)o2)cc1. The zero-order valence-electron chi connectivity index (χ0n) is 18.6. The predicted molar refractivity (Wildman–Crippen MR) is 124 cm³/mol. The van der Waals surface area contributed by atoms with E-state index < -0.39 is 15.9 Å². The molecule has 2 heterocycles. The van der Waals surface area contributed by atoms with Gasteiger partial charge in [0.15, 0.2) is 0 Å². The fourth-order valence-corrected chi connectivity index (χ4v) is 5.58. The zero-order chi connectivity index (χ0) is 23.3. The molecular weight excluding hydrogens is 448 g/mol. The van der Waals surface area contributed by atoms with Gasteiger partial charge < -0.3 is 4.42 Å². The van der Waals surface area contributed by atoms with Gasteiger partial charge in [-0.15, -0.1) is 16.4 Å². The molecule has 1 N–H and O–H groups in total. The Morgan fingerprint density at radius 3 is 2.28 bits per heavy atom. The van der Waals surface area contributed by atoms with Crippen LogP contribution in [0.2, 0.25) is 0 Å². The molecule has 0 radical (unpaired) electrons. The molecule has 0 saturated carbocycles. The highest BCUT2D eigenvalue weighted by Gasteiger charge is 2.26. The Hall–Kier alpha value is -2.56. The summed E-state index contributed by atoms with van der Waals surface area (Å²) in [6.07, 6.45) is 0.496. The van der Waals surface area contributed by atoms with Crippen molar-refractivity contribution >= 4 is 33.3 Å². The van der Waals surface area contributed by atoms with Crippen molar-refractivity contribution in [2.75, 3.05) is 18.4 Å². The number of benzene rings is 1. The van der Waals surface area contributed by atoms with E-state index in [1.807, 2.05) is 45.2 Å². The average molecular weight is 477 g/mol. The molecule has 0 bridgehead atoms. The van der Waals surface area contributed by atoms with Crippen molar-refractivity contribution in [2.45, 2.75) is 39.0 Å². The maximum absolute atomic E-state index is 13.1. The fraction of sp³-hybridized carbons (Fsp3) is 0.409. The van der Waals surface area contributed by atoms with Gasteiger partial charge in [0.2, 0.25) is 15.9 Å². The normalized spacial score (nSPS) is 12.1. The standard InChI is InChI=1S/C22H28N4O4S2/c1-15(2)13-26(14-16(3)4)32(28,29)19-9-7-17(8-10-19)21(27)23-22-25-24-20(30-22)12-18-6-5-11-31-18/h5-11,15-16H,12-14H2,1-4H3,(H,23,25,27). The second kappa shape index (κ2) is 10.4. The van der Waals surface area contributed by atoms with Gasteiger partial charge >= 0.3 is 6.01 Å². The maximum atomic E-state index is 13.1. The highest BCUT2D eigenvalue weighted by atomic mass is 32.2. The van der Waals surface area contributed by atoms with Gasteiger partial charge in [-0.05, 0) is 47.5 Å². The van der Waals surface area contributed by atoms with Gasteiger partial charge in [-0.25, -0.2) is 8.42 Å². The number of thiophene rings is 1. The number of carbonyl (C=O) groups excluding carboxylic acids is 1. The quantitative estimate of drug-likeness (QED) is 0.468. The molecule has 0 atom stereocenters. The molecule has 0 saturated heterocycles. The van der Waals surface area contributed by atoms with E-state index in [1.54, 1.807) is 11.3 Å². The van der Waals surface area contributed by atoms with Crippen LogP contribution in [0.15, 0.2) is 51.1 Å². The van der Waals surface area contributed by atoms with Gasteiger partial charge in [-0.1, -0.05) is 38.9 Å². The molecule has 10 heteroatoms. The number of nitrogens with one attached hydrogen (secondary N) is 1. The summed E-state index contributed by atoms with van der Waals surface area (Å²) in [6, 6.07) is 9.77. The first-order valence-corrected chi connectivity index (χ1v) is 12.7. The summed E-state index contributed by atoms with van der Waals surface area (Å²) in [4.78, 5) is 13.8. The number of hydrogen-bond donors (Lipinski definition) is 1. The van der Waals surface area contributed by atoms with E-state index >= 15 is 0 Å². The molecule has 8 nitrogen and oxygen atoms in total. The Balaban J connectivity index is 1.69. The summed E-state index contributed by atoms with van der Waals surface area (Å²) in [5.74, 6) is 0.349. The summed E-state index contributed by atoms with van der Waals surface area (Å²) >= 11 is 1.58. The van der Waals surface area contributed by atoms with Crippen molar-refractivity contribution in [1.82, 2.24) is 14.5 Å². The van der Waals surface area contributed by atoms with Gasteiger partial charge in [-0.3, -0.25) is 10.1 Å². The number of amides is 1. The zero-order valence-corrected chi connectivity index (χ0v) is 20.2. The van der Waals surface area contributed by atoms with Crippen LogP contribution in [0.4, 0.5) is 6.01 Å². The van der Waals surface area contributed by atoms with Crippen LogP contribution in [0.3, 0.4) is 0 Å². The van der Waals surface area contributed by atoms with Gasteiger partial charge in [0.1, 0.15) is 0 Å². The Bertz CT molecular complexity index is 1110. The molecule has 0 fully saturated rings. The van der Waals surface area contributed by atoms with Crippen LogP contribution in [0.1, 0.15) is 48.8 Å². The largest absolute Gasteiger partial charge is 0.407 e. The lowest BCUT2D eigenvalue weighted by Crippen LogP contribution is -2.37. The van der Waals surface area contributed by atoms with E-state index in [1.165, 1.54) is 28.6 Å². The Labute approximate surface area is 192 Å². The number of aromatic nitrogens is 2. The fourth-order valence-electron chi connectivity index (χ4n) is 3.12. The summed E-state index contributed by atoms with van der Waals surface area (Å²) in [5, 5.41) is 12.3. The van der Waals surface area contributed by atoms with Crippen molar-refractivity contribution < 1.29 is 17.6 Å². The van der Waals surface area contributed by atoms with Crippen LogP contribution < -0.4 is 5.32 Å². The molecule has 0 spiro atoms. The molecule has 3 rings (SSSR count). The van der Waals surface area contributed by atoms with E-state index in [0.717, 1.165) is 4.88 Å². The maximum Gasteiger partial charge on any atom is 0.322 e. The molecule has 0 aliphatic rings. The lowest BCUT2D eigenvalue weighted by molar-refractivity contribution is 0.102. The smallest absolute Gasteiger partial charge is 0.322 e. The Kier molecular flexibility index (Phi) is 7.81. The van der Waals surface area contributed by atoms with Crippen LogP contribution in [0.5, 0.6) is 0 Å². The average Bonchev–Trinajstić information content (AvgIpc) is 3.39. The molecular formula is C22H28N4O4S2. The lowest BCUT2D eigenvalue weighted by atomic mass is 10.2. The third kappa shape index (κ3) is 6.24. The van der Waals surface area contributed by atoms with Gasteiger partial charge in [0.25, 0.3) is 5.91 Å². The van der Waals surface area contributed by atoms with Crippen molar-refractivity contribution in [3.8, 4) is 0 Å². The van der Waals surface area contributed by atoms with E-state index in [4.69, 9.17) is 4.42 Å². The third-order valence-corrected chi connectivity index (χ3v) is 7.21. The third-order valence-electron chi connectivity index (χ3n) is 4.48. The monoisotopic (exact) mass is 476 g/mol. The van der Waals surface area contributed by atoms with E-state index in [0.29, 0.717) is 31.0 Å². The summed E-state index contributed by atoms with van der Waals surface area (Å²) < 4.78 is 33.2. The van der Waals surface area contributed by atoms with E-state index in [2.05, 4.69) is 15.5 Å². The topological polar surface area (TPSA) is 105 Å². The Morgan fingerprint density at radius 2 is 1.72 bits per heavy atom. The minimum absolute atomic E-state index is 0.00158. The lowest BCUT2D eigenvalue weighted by Gasteiger charge is -2.25.